The van der Waals surface area contributed by atoms with Crippen LogP contribution in [0, 0.1) is 10.1 Å². The van der Waals surface area contributed by atoms with Gasteiger partial charge in [-0.2, -0.15) is 0 Å². The van der Waals surface area contributed by atoms with Crippen LogP contribution in [0.15, 0.2) is 33.5 Å². The number of fused-ring (bicyclic) bond motifs is 1. The van der Waals surface area contributed by atoms with E-state index in [4.69, 9.17) is 4.42 Å². The molecule has 2 rings (SSSR count). The molecule has 2 aromatic rings. The van der Waals surface area contributed by atoms with Crippen LogP contribution in [0.25, 0.3) is 10.8 Å². The summed E-state index contributed by atoms with van der Waals surface area (Å²) in [6.07, 6.45) is 0. The van der Waals surface area contributed by atoms with E-state index in [9.17, 15) is 19.7 Å². The highest BCUT2D eigenvalue weighted by Crippen LogP contribution is 2.19. The topological polar surface area (TPSA) is 102 Å². The fourth-order valence-electron chi connectivity index (χ4n) is 1.81. The van der Waals surface area contributed by atoms with E-state index in [1.807, 2.05) is 0 Å². The number of carbonyl (C=O) groups is 1. The Labute approximate surface area is 119 Å². The molecule has 1 N–H and O–H groups in total. The maximum Gasteiger partial charge on any atom is 0.344 e. The number of nitrogens with zero attached hydrogens (tertiary/aromatic N) is 1. The average molecular weight is 290 g/mol. The molecule has 0 radical (unpaired) electrons. The first-order valence-corrected chi connectivity index (χ1v) is 6.22. The molecule has 0 spiro atoms. The number of nitrogens with one attached hydrogen (secondary N) is 1. The molecule has 0 aliphatic rings. The van der Waals surface area contributed by atoms with Gasteiger partial charge in [0.15, 0.2) is 5.76 Å². The van der Waals surface area contributed by atoms with Crippen molar-refractivity contribution in [2.45, 2.75) is 26.3 Å². The third-order valence-electron chi connectivity index (χ3n) is 2.67. The molecule has 0 aliphatic heterocycles. The van der Waals surface area contributed by atoms with Crippen molar-refractivity contribution < 1.29 is 14.1 Å². The van der Waals surface area contributed by atoms with Gasteiger partial charge < -0.3 is 9.73 Å². The first kappa shape index (κ1) is 14.7. The van der Waals surface area contributed by atoms with Gasteiger partial charge in [0.05, 0.1) is 10.3 Å². The van der Waals surface area contributed by atoms with Crippen molar-refractivity contribution in [3.8, 4) is 0 Å². The number of carbonyl (C=O) groups excluding carboxylic acids is 1. The van der Waals surface area contributed by atoms with Crippen molar-refractivity contribution in [3.63, 3.8) is 0 Å². The number of nitro groups is 1. The number of non-ortho nitro benzene ring substituents is 1. The molecule has 110 valence electrons. The van der Waals surface area contributed by atoms with Gasteiger partial charge in [0.25, 0.3) is 11.6 Å². The van der Waals surface area contributed by atoms with Crippen molar-refractivity contribution >= 4 is 22.4 Å². The Morgan fingerprint density at radius 3 is 2.52 bits per heavy atom. The lowest BCUT2D eigenvalue weighted by Crippen LogP contribution is -2.40. The van der Waals surface area contributed by atoms with E-state index < -0.39 is 22.0 Å². The van der Waals surface area contributed by atoms with Crippen LogP contribution in [-0.2, 0) is 0 Å². The van der Waals surface area contributed by atoms with E-state index >= 15 is 0 Å². The van der Waals surface area contributed by atoms with Crippen LogP contribution in [0.5, 0.6) is 0 Å². The summed E-state index contributed by atoms with van der Waals surface area (Å²) in [6, 6.07) is 5.09. The van der Waals surface area contributed by atoms with Crippen LogP contribution < -0.4 is 10.9 Å². The Bertz CT molecular complexity index is 786. The second-order valence-corrected chi connectivity index (χ2v) is 5.63. The quantitative estimate of drug-likeness (QED) is 0.674. The van der Waals surface area contributed by atoms with E-state index in [1.54, 1.807) is 20.8 Å². The molecule has 0 saturated carbocycles. The highest BCUT2D eigenvalue weighted by Gasteiger charge is 2.19. The van der Waals surface area contributed by atoms with Crippen molar-refractivity contribution in [3.05, 3.63) is 50.6 Å². The molecule has 21 heavy (non-hydrogen) atoms. The Morgan fingerprint density at radius 2 is 1.95 bits per heavy atom. The molecule has 0 saturated heterocycles. The SMILES string of the molecule is CC(C)(C)NC(=O)c1cc2cc([N+](=O)[O-])ccc2c(=O)o1. The molecule has 1 heterocycles. The van der Waals surface area contributed by atoms with Crippen LogP contribution >= 0.6 is 0 Å². The molecule has 1 amide bonds. The fraction of sp³-hybridized carbons (Fsp3) is 0.286. The highest BCUT2D eigenvalue weighted by molar-refractivity contribution is 5.95. The molecular weight excluding hydrogens is 276 g/mol. The van der Waals surface area contributed by atoms with Gasteiger partial charge in [0.2, 0.25) is 0 Å². The van der Waals surface area contributed by atoms with Gasteiger partial charge in [-0.25, -0.2) is 4.79 Å². The Kier molecular flexibility index (Phi) is 3.51. The monoisotopic (exact) mass is 290 g/mol. The largest absolute Gasteiger partial charge is 0.417 e. The maximum atomic E-state index is 12.0. The molecule has 7 nitrogen and oxygen atoms in total. The van der Waals surface area contributed by atoms with E-state index in [-0.39, 0.29) is 16.8 Å². The minimum atomic E-state index is -0.707. The normalized spacial score (nSPS) is 11.4. The van der Waals surface area contributed by atoms with Gasteiger partial charge in [-0.1, -0.05) is 0 Å². The summed E-state index contributed by atoms with van der Waals surface area (Å²) in [5.74, 6) is -0.726. The summed E-state index contributed by atoms with van der Waals surface area (Å²) in [4.78, 5) is 34.0. The maximum absolute atomic E-state index is 12.0. The molecular formula is C14H14N2O5. The molecule has 0 fully saturated rings. The highest BCUT2D eigenvalue weighted by atomic mass is 16.6. The van der Waals surface area contributed by atoms with Crippen molar-refractivity contribution in [1.29, 1.82) is 0 Å². The predicted molar refractivity (Wildman–Crippen MR) is 76.4 cm³/mol. The van der Waals surface area contributed by atoms with Gasteiger partial charge in [-0.3, -0.25) is 14.9 Å². The van der Waals surface area contributed by atoms with Crippen LogP contribution in [-0.4, -0.2) is 16.4 Å². The van der Waals surface area contributed by atoms with Gasteiger partial charge in [0.1, 0.15) is 0 Å². The van der Waals surface area contributed by atoms with Crippen LogP contribution in [0.3, 0.4) is 0 Å². The predicted octanol–water partition coefficient (Wildman–Crippen LogP) is 2.23. The first-order valence-electron chi connectivity index (χ1n) is 6.22. The lowest BCUT2D eigenvalue weighted by Gasteiger charge is -2.19. The second-order valence-electron chi connectivity index (χ2n) is 5.63. The fourth-order valence-corrected chi connectivity index (χ4v) is 1.81. The number of rotatable bonds is 2. The third-order valence-corrected chi connectivity index (χ3v) is 2.67. The molecule has 0 bridgehead atoms. The average Bonchev–Trinajstić information content (AvgIpc) is 2.35. The number of hydrogen-bond acceptors (Lipinski definition) is 5. The summed E-state index contributed by atoms with van der Waals surface area (Å²) >= 11 is 0. The number of nitro benzene ring substituents is 1. The molecule has 7 heteroatoms. The minimum absolute atomic E-state index is 0.157. The van der Waals surface area contributed by atoms with E-state index in [0.29, 0.717) is 5.39 Å². The van der Waals surface area contributed by atoms with E-state index in [2.05, 4.69) is 5.32 Å². The summed E-state index contributed by atoms with van der Waals surface area (Å²) in [6.45, 7) is 5.36. The van der Waals surface area contributed by atoms with Gasteiger partial charge in [-0.15, -0.1) is 0 Å². The first-order chi connectivity index (χ1) is 9.67. The summed E-state index contributed by atoms with van der Waals surface area (Å²) < 4.78 is 4.96. The lowest BCUT2D eigenvalue weighted by molar-refractivity contribution is -0.384. The standard InChI is InChI=1S/C14H14N2O5/c1-14(2,3)15-12(17)11-7-8-6-9(16(19)20)4-5-10(8)13(18)21-11/h4-7H,1-3H3,(H,15,17). The zero-order valence-electron chi connectivity index (χ0n) is 11.8. The summed E-state index contributed by atoms with van der Waals surface area (Å²) in [7, 11) is 0. The Morgan fingerprint density at radius 1 is 1.29 bits per heavy atom. The Balaban J connectivity index is 2.55. The zero-order chi connectivity index (χ0) is 15.8. The van der Waals surface area contributed by atoms with Crippen molar-refractivity contribution in [2.75, 3.05) is 0 Å². The second kappa shape index (κ2) is 5.01. The van der Waals surface area contributed by atoms with Gasteiger partial charge in [0, 0.05) is 17.7 Å². The van der Waals surface area contributed by atoms with E-state index in [0.717, 1.165) is 0 Å². The molecule has 1 aromatic heterocycles. The lowest BCUT2D eigenvalue weighted by atomic mass is 10.1. The summed E-state index contributed by atoms with van der Waals surface area (Å²) in [5.41, 5.74) is -1.36. The van der Waals surface area contributed by atoms with Crippen molar-refractivity contribution in [2.24, 2.45) is 0 Å². The third kappa shape index (κ3) is 3.25. The Hall–Kier alpha value is -2.70. The van der Waals surface area contributed by atoms with Crippen LogP contribution in [0.1, 0.15) is 31.3 Å². The van der Waals surface area contributed by atoms with Gasteiger partial charge in [-0.05, 0) is 38.3 Å². The number of hydrogen-bond donors (Lipinski definition) is 1. The van der Waals surface area contributed by atoms with Crippen molar-refractivity contribution in [1.82, 2.24) is 5.32 Å². The smallest absolute Gasteiger partial charge is 0.344 e. The van der Waals surface area contributed by atoms with E-state index in [1.165, 1.54) is 24.3 Å². The number of benzene rings is 1. The molecule has 1 aromatic carbocycles. The summed E-state index contributed by atoms with van der Waals surface area (Å²) in [5, 5.41) is 13.9. The molecule has 0 aliphatic carbocycles. The molecule has 0 atom stereocenters. The molecule has 0 unspecified atom stereocenters. The van der Waals surface area contributed by atoms with Gasteiger partial charge >= 0.3 is 5.63 Å². The zero-order valence-corrected chi connectivity index (χ0v) is 11.8. The minimum Gasteiger partial charge on any atom is -0.417 e. The van der Waals surface area contributed by atoms with Crippen LogP contribution in [0.2, 0.25) is 0 Å². The van der Waals surface area contributed by atoms with Crippen LogP contribution in [0.4, 0.5) is 5.69 Å². The number of amides is 1.